The fourth-order valence-corrected chi connectivity index (χ4v) is 14.2. The van der Waals surface area contributed by atoms with Crippen molar-refractivity contribution in [2.75, 3.05) is 64.2 Å². The van der Waals surface area contributed by atoms with E-state index >= 15 is 0 Å². The summed E-state index contributed by atoms with van der Waals surface area (Å²) in [5.74, 6) is 4.30. The van der Waals surface area contributed by atoms with Crippen LogP contribution >= 0.6 is 0 Å². The summed E-state index contributed by atoms with van der Waals surface area (Å²) in [6.07, 6.45) is 12.0. The molecule has 9 rings (SSSR count). The van der Waals surface area contributed by atoms with Crippen LogP contribution in [0.25, 0.3) is 0 Å². The second-order valence-electron chi connectivity index (χ2n) is 28.0. The van der Waals surface area contributed by atoms with Crippen LogP contribution in [-0.4, -0.2) is 192 Å². The molecule has 3 aromatic carbocycles. The van der Waals surface area contributed by atoms with Crippen LogP contribution in [0, 0.1) is 23.7 Å². The van der Waals surface area contributed by atoms with Gasteiger partial charge in [-0.05, 0) is 149 Å². The smallest absolute Gasteiger partial charge is 0.410 e. The molecular weight excluding hydrogens is 1290 g/mol. The zero-order valence-corrected chi connectivity index (χ0v) is 59.9. The number of carbonyl (C=O) groups excluding carboxylic acids is 9. The molecule has 1 unspecified atom stereocenters. The molecule has 6 atom stereocenters. The number of imide groups is 1. The number of hydrogen-bond acceptors (Lipinski definition) is 16. The van der Waals surface area contributed by atoms with Crippen molar-refractivity contribution in [2.45, 2.75) is 212 Å². The molecule has 3 aromatic rings. The maximum atomic E-state index is 14.3. The number of nitrogens with two attached hydrogens (primary N) is 2. The fourth-order valence-electron chi connectivity index (χ4n) is 14.2. The second-order valence-corrected chi connectivity index (χ2v) is 28.0. The largest absolute Gasteiger partial charge is 0.495 e. The normalized spacial score (nSPS) is 21.1. The molecule has 2 aliphatic carbocycles. The average molecular weight is 1390 g/mol. The van der Waals surface area contributed by atoms with Gasteiger partial charge in [0, 0.05) is 105 Å². The molecule has 26 heteroatoms. The van der Waals surface area contributed by atoms with E-state index in [0.717, 1.165) is 42.5 Å². The molecule has 5 fully saturated rings. The standard InChI is InChI=1S/C75H104N14O12/c1-9-59(80-53-19-10-11-20-53)71(95)85(7)48(6)42-79-74(77)82-60-33-26-51(41-63(60)99-8)67(91)81-54-29-31-55(32-30-54)87(38-40-100-39-13-12-17-50-18-14-22-57-58(50)44-89(70(57)94)62-34-35-64(90)83-68(62)92)75(98)101-45-49-24-27-52(28-25-49)78-43-56-21-15-36-86(56)73(97)66(47(4)5)84-69(93)61-23-16-37-88(61)72(96)65(76)46(2)3/h14,18,22,24-28,33,41-42,46-47,53-56,59,61-62,65-66,78,80H,9-11,13,15-16,19-21,23,29-32,34-40,43-45,76H2,1-8H3,(H,81,91)(H,84,93)(H3,77,79,82)(H,83,90,92)/b48-42+/t54?,55?,56-,59+,61-,62?,65-,66-/m0/s1. The van der Waals surface area contributed by atoms with Gasteiger partial charge in [-0.3, -0.25) is 43.7 Å². The zero-order chi connectivity index (χ0) is 72.4. The van der Waals surface area contributed by atoms with E-state index in [0.29, 0.717) is 111 Å². The van der Waals surface area contributed by atoms with Crippen molar-refractivity contribution in [1.82, 2.24) is 45.8 Å². The first-order valence-corrected chi connectivity index (χ1v) is 36.1. The molecule has 0 spiro atoms. The number of benzene rings is 3. The van der Waals surface area contributed by atoms with Crippen molar-refractivity contribution in [3.05, 3.63) is 100 Å². The van der Waals surface area contributed by atoms with Gasteiger partial charge in [-0.2, -0.15) is 0 Å². The van der Waals surface area contributed by atoms with E-state index in [-0.39, 0.29) is 129 Å². The number of aliphatic imine (C=N–C) groups is 1. The molecule has 0 bridgehead atoms. The minimum absolute atomic E-state index is 0.00639. The number of fused-ring (bicyclic) bond motifs is 1. The van der Waals surface area contributed by atoms with E-state index in [1.165, 1.54) is 31.1 Å². The average Bonchev–Trinajstić information content (AvgIpc) is 1.64. The number of nitrogens with one attached hydrogen (secondary N) is 6. The lowest BCUT2D eigenvalue weighted by Crippen LogP contribution is -2.58. The van der Waals surface area contributed by atoms with Crippen molar-refractivity contribution >= 4 is 70.7 Å². The van der Waals surface area contributed by atoms with Gasteiger partial charge in [-0.25, -0.2) is 9.79 Å². The number of likely N-dealkylation sites (tertiary alicyclic amines) is 2. The Bertz CT molecular complexity index is 3590. The Morgan fingerprint density at radius 2 is 1.57 bits per heavy atom. The van der Waals surface area contributed by atoms with E-state index in [2.05, 4.69) is 48.7 Å². The molecule has 6 aliphatic rings. The molecule has 0 radical (unpaired) electrons. The summed E-state index contributed by atoms with van der Waals surface area (Å²) in [5.41, 5.74) is 17.4. The second kappa shape index (κ2) is 36.0. The van der Waals surface area contributed by atoms with Gasteiger partial charge in [0.05, 0.1) is 44.3 Å². The molecule has 4 aliphatic heterocycles. The Kier molecular flexibility index (Phi) is 27.1. The van der Waals surface area contributed by atoms with E-state index in [1.54, 1.807) is 59.0 Å². The van der Waals surface area contributed by atoms with Crippen LogP contribution < -0.4 is 48.1 Å². The Labute approximate surface area is 593 Å². The minimum Gasteiger partial charge on any atom is -0.495 e. The monoisotopic (exact) mass is 1390 g/mol. The molecule has 2 saturated carbocycles. The summed E-state index contributed by atoms with van der Waals surface area (Å²) < 4.78 is 17.8. The number of anilines is 2. The van der Waals surface area contributed by atoms with Gasteiger partial charge in [0.15, 0.2) is 5.96 Å². The summed E-state index contributed by atoms with van der Waals surface area (Å²) in [6, 6.07) is 14.5. The third kappa shape index (κ3) is 19.7. The summed E-state index contributed by atoms with van der Waals surface area (Å²) in [5, 5.41) is 18.6. The van der Waals surface area contributed by atoms with Crippen LogP contribution in [0.5, 0.6) is 5.75 Å². The molecule has 3 saturated heterocycles. The third-order valence-corrected chi connectivity index (χ3v) is 20.4. The summed E-state index contributed by atoms with van der Waals surface area (Å²) in [6.45, 7) is 13.7. The molecule has 101 heavy (non-hydrogen) atoms. The quantitative estimate of drug-likeness (QED) is 0.0127. The Hall–Kier alpha value is -9.06. The van der Waals surface area contributed by atoms with Gasteiger partial charge in [0.2, 0.25) is 35.4 Å². The fraction of sp³-hybridized carbons (Fsp3) is 0.573. The Balaban J connectivity index is 0.783. The third-order valence-electron chi connectivity index (χ3n) is 20.4. The number of likely N-dealkylation sites (N-methyl/N-ethyl adjacent to an activating group) is 1. The first-order valence-electron chi connectivity index (χ1n) is 36.1. The number of ether oxygens (including phenoxy) is 3. The van der Waals surface area contributed by atoms with Gasteiger partial charge in [-0.1, -0.05) is 77.5 Å². The number of hydrogen-bond donors (Lipinski definition) is 8. The lowest BCUT2D eigenvalue weighted by atomic mass is 9.90. The number of carbonyl (C=O) groups is 9. The highest BCUT2D eigenvalue weighted by Gasteiger charge is 2.43. The summed E-state index contributed by atoms with van der Waals surface area (Å²) in [4.78, 5) is 133. The van der Waals surface area contributed by atoms with Gasteiger partial charge in [-0.15, -0.1) is 0 Å². The maximum Gasteiger partial charge on any atom is 0.410 e. The van der Waals surface area contributed by atoms with E-state index in [1.807, 2.05) is 69.9 Å². The lowest BCUT2D eigenvalue weighted by molar-refractivity contribution is -0.143. The van der Waals surface area contributed by atoms with Gasteiger partial charge < -0.3 is 76.8 Å². The highest BCUT2D eigenvalue weighted by Crippen LogP contribution is 2.32. The molecule has 10 N–H and O–H groups in total. The maximum absolute atomic E-state index is 14.3. The van der Waals surface area contributed by atoms with Crippen molar-refractivity contribution < 1.29 is 57.4 Å². The number of allylic oxidation sites excluding steroid dienone is 1. The number of piperidine rings is 1. The molecule has 4 heterocycles. The van der Waals surface area contributed by atoms with Crippen LogP contribution in [0.15, 0.2) is 77.6 Å². The van der Waals surface area contributed by atoms with Gasteiger partial charge in [0.1, 0.15) is 30.5 Å². The number of rotatable bonds is 28. The van der Waals surface area contributed by atoms with Crippen LogP contribution in [-0.2, 0) is 51.4 Å². The van der Waals surface area contributed by atoms with Crippen LogP contribution in [0.4, 0.5) is 16.2 Å². The van der Waals surface area contributed by atoms with Gasteiger partial charge in [0.25, 0.3) is 11.8 Å². The number of nitrogens with zero attached hydrogens (tertiary/aromatic N) is 6. The van der Waals surface area contributed by atoms with Crippen molar-refractivity contribution in [3.63, 3.8) is 0 Å². The lowest BCUT2D eigenvalue weighted by Gasteiger charge is -2.36. The van der Waals surface area contributed by atoms with Gasteiger partial charge >= 0.3 is 6.09 Å². The highest BCUT2D eigenvalue weighted by atomic mass is 16.6. The Morgan fingerprint density at radius 3 is 2.28 bits per heavy atom. The summed E-state index contributed by atoms with van der Waals surface area (Å²) in [7, 11) is 3.22. The van der Waals surface area contributed by atoms with Crippen LogP contribution in [0.3, 0.4) is 0 Å². The van der Waals surface area contributed by atoms with E-state index in [4.69, 9.17) is 25.7 Å². The van der Waals surface area contributed by atoms with Crippen LogP contribution in [0.2, 0.25) is 0 Å². The van der Waals surface area contributed by atoms with Crippen molar-refractivity contribution in [1.29, 1.82) is 0 Å². The van der Waals surface area contributed by atoms with E-state index in [9.17, 15) is 43.2 Å². The number of guanidine groups is 1. The van der Waals surface area contributed by atoms with E-state index < -0.39 is 36.2 Å². The zero-order valence-electron chi connectivity index (χ0n) is 59.9. The predicted molar refractivity (Wildman–Crippen MR) is 383 cm³/mol. The number of amides is 9. The minimum atomic E-state index is -0.769. The first kappa shape index (κ1) is 76.1. The topological polar surface area (TPSA) is 334 Å². The summed E-state index contributed by atoms with van der Waals surface area (Å²) >= 11 is 0. The number of methoxy groups -OCH3 is 1. The molecule has 9 amide bonds. The van der Waals surface area contributed by atoms with Crippen LogP contribution in [0.1, 0.15) is 182 Å². The SMILES string of the molecule is CC[C@@H](NC1CCCC1)C(=O)N(C)/C(C)=C/N=C(N)Nc1ccc(C(=O)NC2CCC(N(CCOCCC#Cc3cccc4c3CN(C3CCC(=O)NC3=O)C4=O)C(=O)OCc3ccc(NC[C@@H]4CCCN4C(=O)[C@@H](NC(=O)[C@@H]4CCCN4C(=O)[C@@H](N)C(C)C)C(C)C)cc3)CC2)cc1OC. The highest BCUT2D eigenvalue weighted by molar-refractivity contribution is 6.06. The van der Waals surface area contributed by atoms with Crippen molar-refractivity contribution in [3.8, 4) is 17.6 Å². The molecular formula is C75H104N14O12. The predicted octanol–water partition coefficient (Wildman–Crippen LogP) is 6.47. The molecule has 26 nitrogen and oxygen atoms in total. The Morgan fingerprint density at radius 1 is 0.842 bits per heavy atom. The van der Waals surface area contributed by atoms with Crippen molar-refractivity contribution in [2.24, 2.45) is 28.3 Å². The first-order chi connectivity index (χ1) is 48.5. The molecule has 546 valence electrons. The molecule has 0 aromatic heterocycles.